The van der Waals surface area contributed by atoms with Crippen molar-refractivity contribution in [3.05, 3.63) is 54.2 Å². The molecule has 35 heavy (non-hydrogen) atoms. The number of anilines is 2. The highest BCUT2D eigenvalue weighted by Gasteiger charge is 2.40. The number of phenolic OH excluding ortho intramolecular Hbond substituents is 1. The molecule has 0 radical (unpaired) electrons. The van der Waals surface area contributed by atoms with Crippen molar-refractivity contribution in [1.29, 1.82) is 0 Å². The van der Waals surface area contributed by atoms with E-state index in [-0.39, 0.29) is 18.0 Å². The number of aromatic hydroxyl groups is 1. The lowest BCUT2D eigenvalue weighted by molar-refractivity contribution is -0.130. The molecule has 6 rings (SSSR count). The molecule has 0 spiro atoms. The first-order valence-electron chi connectivity index (χ1n) is 13.3. The number of rotatable bonds is 5. The summed E-state index contributed by atoms with van der Waals surface area (Å²) >= 11 is 0. The Labute approximate surface area is 207 Å². The SMILES string of the molecule is O=C(C1CCCCC1)C(C1CCc2cc(O)ccc2N1)N1CCN(c2cccc3[nH]ccc23)CC1. The minimum Gasteiger partial charge on any atom is -0.508 e. The van der Waals surface area contributed by atoms with Gasteiger partial charge in [-0.05, 0) is 67.6 Å². The van der Waals surface area contributed by atoms with Crippen LogP contribution in [0, 0.1) is 5.92 Å². The molecule has 3 aliphatic rings. The van der Waals surface area contributed by atoms with Gasteiger partial charge in [0.1, 0.15) is 5.75 Å². The van der Waals surface area contributed by atoms with E-state index in [1.807, 2.05) is 18.3 Å². The highest BCUT2D eigenvalue weighted by molar-refractivity contribution is 5.92. The quantitative estimate of drug-likeness (QED) is 0.459. The molecule has 1 saturated heterocycles. The van der Waals surface area contributed by atoms with Gasteiger partial charge >= 0.3 is 0 Å². The largest absolute Gasteiger partial charge is 0.508 e. The first-order valence-corrected chi connectivity index (χ1v) is 13.3. The normalized spacial score (nSPS) is 22.5. The van der Waals surface area contributed by atoms with Gasteiger partial charge in [0.25, 0.3) is 0 Å². The fourth-order valence-corrected chi connectivity index (χ4v) is 6.59. The van der Waals surface area contributed by atoms with Crippen molar-refractivity contribution >= 4 is 28.1 Å². The number of aromatic amines is 1. The number of H-pyrrole nitrogens is 1. The third-order valence-corrected chi connectivity index (χ3v) is 8.45. The Morgan fingerprint density at radius 2 is 1.80 bits per heavy atom. The predicted octanol–water partition coefficient (Wildman–Crippen LogP) is 4.94. The molecule has 2 fully saturated rings. The maximum atomic E-state index is 14.0. The number of nitrogens with zero attached hydrogens (tertiary/aromatic N) is 2. The number of carbonyl (C=O) groups is 1. The third kappa shape index (κ3) is 4.40. The van der Waals surface area contributed by atoms with Gasteiger partial charge in [-0.15, -0.1) is 0 Å². The minimum atomic E-state index is -0.0924. The van der Waals surface area contributed by atoms with Gasteiger partial charge in [-0.1, -0.05) is 25.3 Å². The van der Waals surface area contributed by atoms with Gasteiger partial charge in [0.05, 0.1) is 6.04 Å². The van der Waals surface area contributed by atoms with E-state index in [1.165, 1.54) is 35.9 Å². The molecule has 2 atom stereocenters. The summed E-state index contributed by atoms with van der Waals surface area (Å²) in [5.41, 5.74) is 4.67. The molecule has 3 heterocycles. The second-order valence-corrected chi connectivity index (χ2v) is 10.6. The van der Waals surface area contributed by atoms with Crippen molar-refractivity contribution in [2.45, 2.75) is 57.0 Å². The molecule has 184 valence electrons. The van der Waals surface area contributed by atoms with Gasteiger partial charge in [0.2, 0.25) is 0 Å². The summed E-state index contributed by atoms with van der Waals surface area (Å²) in [4.78, 5) is 22.3. The molecule has 1 aliphatic carbocycles. The molecule has 0 amide bonds. The molecular weight excluding hydrogens is 436 g/mol. The van der Waals surface area contributed by atoms with Crippen molar-refractivity contribution in [1.82, 2.24) is 9.88 Å². The second-order valence-electron chi connectivity index (χ2n) is 10.6. The van der Waals surface area contributed by atoms with E-state index < -0.39 is 0 Å². The Kier molecular flexibility index (Phi) is 6.15. The van der Waals surface area contributed by atoms with Crippen molar-refractivity contribution in [3.8, 4) is 5.75 Å². The molecule has 2 unspecified atom stereocenters. The number of aryl methyl sites for hydroxylation is 1. The van der Waals surface area contributed by atoms with Crippen LogP contribution in [0.1, 0.15) is 44.1 Å². The van der Waals surface area contributed by atoms with Crippen molar-refractivity contribution in [2.75, 3.05) is 36.4 Å². The summed E-state index contributed by atoms with van der Waals surface area (Å²) < 4.78 is 0. The fourth-order valence-electron chi connectivity index (χ4n) is 6.59. The lowest BCUT2D eigenvalue weighted by Crippen LogP contribution is -2.60. The maximum Gasteiger partial charge on any atom is 0.155 e. The highest BCUT2D eigenvalue weighted by atomic mass is 16.3. The van der Waals surface area contributed by atoms with E-state index >= 15 is 0 Å². The lowest BCUT2D eigenvalue weighted by atomic mass is 9.80. The van der Waals surface area contributed by atoms with Gasteiger partial charge in [0, 0.05) is 66.6 Å². The lowest BCUT2D eigenvalue weighted by Gasteiger charge is -2.45. The summed E-state index contributed by atoms with van der Waals surface area (Å²) in [7, 11) is 0. The molecule has 2 aliphatic heterocycles. The van der Waals surface area contributed by atoms with E-state index in [2.05, 4.69) is 44.4 Å². The van der Waals surface area contributed by atoms with Crippen LogP contribution in [-0.4, -0.2) is 59.0 Å². The molecule has 3 N–H and O–H groups in total. The third-order valence-electron chi connectivity index (χ3n) is 8.45. The number of aromatic nitrogens is 1. The zero-order valence-corrected chi connectivity index (χ0v) is 20.4. The van der Waals surface area contributed by atoms with Crippen LogP contribution in [0.4, 0.5) is 11.4 Å². The first kappa shape index (κ1) is 22.5. The zero-order chi connectivity index (χ0) is 23.8. The molecular formula is C29H36N4O2. The Morgan fingerprint density at radius 1 is 0.971 bits per heavy atom. The predicted molar refractivity (Wildman–Crippen MR) is 141 cm³/mol. The van der Waals surface area contributed by atoms with E-state index in [1.54, 1.807) is 6.07 Å². The van der Waals surface area contributed by atoms with Crippen LogP contribution in [0.3, 0.4) is 0 Å². The molecule has 3 aromatic rings. The molecule has 6 nitrogen and oxygen atoms in total. The van der Waals surface area contributed by atoms with E-state index in [0.29, 0.717) is 11.5 Å². The van der Waals surface area contributed by atoms with E-state index in [0.717, 1.165) is 63.1 Å². The number of hydrogen-bond acceptors (Lipinski definition) is 5. The number of benzene rings is 2. The number of ketones is 1. The first-order chi connectivity index (χ1) is 17.2. The molecule has 6 heteroatoms. The Bertz CT molecular complexity index is 1190. The number of hydrogen-bond donors (Lipinski definition) is 3. The Hall–Kier alpha value is -2.99. The summed E-state index contributed by atoms with van der Waals surface area (Å²) in [6.45, 7) is 3.64. The monoisotopic (exact) mass is 472 g/mol. The van der Waals surface area contributed by atoms with Crippen LogP contribution in [0.25, 0.3) is 10.9 Å². The highest BCUT2D eigenvalue weighted by Crippen LogP contribution is 2.34. The topological polar surface area (TPSA) is 71.6 Å². The maximum absolute atomic E-state index is 14.0. The number of fused-ring (bicyclic) bond motifs is 2. The van der Waals surface area contributed by atoms with E-state index in [9.17, 15) is 9.90 Å². The smallest absolute Gasteiger partial charge is 0.155 e. The average Bonchev–Trinajstić information content (AvgIpc) is 3.39. The minimum absolute atomic E-state index is 0.0924. The van der Waals surface area contributed by atoms with Crippen molar-refractivity contribution in [3.63, 3.8) is 0 Å². The van der Waals surface area contributed by atoms with Crippen molar-refractivity contribution in [2.24, 2.45) is 5.92 Å². The van der Waals surface area contributed by atoms with Crippen LogP contribution in [0.2, 0.25) is 0 Å². The molecule has 2 aromatic carbocycles. The van der Waals surface area contributed by atoms with Gasteiger partial charge in [0.15, 0.2) is 5.78 Å². The summed E-state index contributed by atoms with van der Waals surface area (Å²) in [5.74, 6) is 0.960. The number of phenols is 1. The summed E-state index contributed by atoms with van der Waals surface area (Å²) in [6.07, 6.45) is 9.53. The van der Waals surface area contributed by atoms with Crippen LogP contribution in [0.5, 0.6) is 5.75 Å². The van der Waals surface area contributed by atoms with Crippen LogP contribution in [-0.2, 0) is 11.2 Å². The van der Waals surface area contributed by atoms with Gasteiger partial charge in [-0.25, -0.2) is 0 Å². The standard InChI is InChI=1S/C29H36N4O2/c34-22-10-12-24-21(19-22)9-11-26(31-24)28(29(35)20-5-2-1-3-6-20)33-17-15-32(16-18-33)27-8-4-7-25-23(27)13-14-30-25/h4,7-8,10,12-14,19-20,26,28,30-31,34H,1-3,5-6,9,11,15-18H2. The van der Waals surface area contributed by atoms with Crippen LogP contribution >= 0.6 is 0 Å². The van der Waals surface area contributed by atoms with Crippen LogP contribution in [0.15, 0.2) is 48.7 Å². The average molecular weight is 473 g/mol. The van der Waals surface area contributed by atoms with Gasteiger partial charge in [-0.2, -0.15) is 0 Å². The summed E-state index contributed by atoms with van der Waals surface area (Å²) in [5, 5.41) is 14.9. The van der Waals surface area contributed by atoms with E-state index in [4.69, 9.17) is 0 Å². The fraction of sp³-hybridized carbons (Fsp3) is 0.483. The van der Waals surface area contributed by atoms with Crippen LogP contribution < -0.4 is 10.2 Å². The van der Waals surface area contributed by atoms with Crippen molar-refractivity contribution < 1.29 is 9.90 Å². The second kappa shape index (κ2) is 9.57. The van der Waals surface area contributed by atoms with Gasteiger partial charge < -0.3 is 20.3 Å². The zero-order valence-electron chi connectivity index (χ0n) is 20.4. The summed E-state index contributed by atoms with van der Waals surface area (Å²) in [6, 6.07) is 14.2. The molecule has 1 saturated carbocycles. The number of piperazine rings is 1. The number of nitrogens with one attached hydrogen (secondary N) is 2. The number of carbonyl (C=O) groups excluding carboxylic acids is 1. The van der Waals surface area contributed by atoms with Gasteiger partial charge in [-0.3, -0.25) is 9.69 Å². The number of Topliss-reactive ketones (excluding diaryl/α,β-unsaturated/α-hetero) is 1. The Morgan fingerprint density at radius 3 is 2.63 bits per heavy atom. The Balaban J connectivity index is 1.23. The molecule has 0 bridgehead atoms. The molecule has 1 aromatic heterocycles.